The minimum atomic E-state index is -0.108. The number of rotatable bonds is 6. The predicted molar refractivity (Wildman–Crippen MR) is 112 cm³/mol. The number of fused-ring (bicyclic) bond motifs is 1. The maximum absolute atomic E-state index is 12.3. The van der Waals surface area contributed by atoms with Gasteiger partial charge in [0.15, 0.2) is 11.6 Å². The van der Waals surface area contributed by atoms with Gasteiger partial charge in [-0.15, -0.1) is 22.0 Å². The highest BCUT2D eigenvalue weighted by Crippen LogP contribution is 2.31. The average Bonchev–Trinajstić information content (AvgIpc) is 3.22. The van der Waals surface area contributed by atoms with E-state index in [1.807, 2.05) is 6.07 Å². The van der Waals surface area contributed by atoms with Crippen LogP contribution in [0.2, 0.25) is 5.02 Å². The number of amides is 1. The molecule has 0 bridgehead atoms. The van der Waals surface area contributed by atoms with Crippen LogP contribution in [0, 0.1) is 6.92 Å². The Bertz CT molecular complexity index is 1020. The van der Waals surface area contributed by atoms with Gasteiger partial charge in [-0.2, -0.15) is 4.98 Å². The Morgan fingerprint density at radius 1 is 1.31 bits per heavy atom. The van der Waals surface area contributed by atoms with Gasteiger partial charge in [0.05, 0.1) is 16.5 Å². The zero-order valence-electron chi connectivity index (χ0n) is 16.0. The fourth-order valence-corrected chi connectivity index (χ4v) is 4.15. The van der Waals surface area contributed by atoms with Crippen LogP contribution in [-0.4, -0.2) is 36.6 Å². The van der Waals surface area contributed by atoms with Crippen molar-refractivity contribution in [2.75, 3.05) is 11.1 Å². The number of carbonyl (C=O) groups excluding carboxylic acids is 1. The number of thioether (sulfide) groups is 1. The number of anilines is 1. The van der Waals surface area contributed by atoms with Crippen molar-refractivity contribution in [1.82, 2.24) is 24.9 Å². The fourth-order valence-electron chi connectivity index (χ4n) is 3.29. The SMILES string of the molecule is Cc1nc(CSCC(=O)Nc2ccc(Cl)c(-c3nnc4n3CCCCC4)c2)no1. The lowest BCUT2D eigenvalue weighted by Crippen LogP contribution is -2.14. The molecule has 0 radical (unpaired) electrons. The second-order valence-corrected chi connectivity index (χ2v) is 8.26. The van der Waals surface area contributed by atoms with Gasteiger partial charge in [0.2, 0.25) is 11.8 Å². The first-order valence-electron chi connectivity index (χ1n) is 9.49. The quantitative estimate of drug-likeness (QED) is 0.630. The Hall–Kier alpha value is -2.39. The van der Waals surface area contributed by atoms with E-state index >= 15 is 0 Å². The monoisotopic (exact) mass is 432 g/mol. The molecule has 0 fully saturated rings. The summed E-state index contributed by atoms with van der Waals surface area (Å²) in [6.45, 7) is 2.62. The number of aromatic nitrogens is 5. The molecule has 0 spiro atoms. The second kappa shape index (κ2) is 8.96. The lowest BCUT2D eigenvalue weighted by Gasteiger charge is -2.11. The first-order valence-corrected chi connectivity index (χ1v) is 11.0. The second-order valence-electron chi connectivity index (χ2n) is 6.87. The molecule has 29 heavy (non-hydrogen) atoms. The van der Waals surface area contributed by atoms with E-state index in [1.54, 1.807) is 19.1 Å². The van der Waals surface area contributed by atoms with Crippen molar-refractivity contribution < 1.29 is 9.32 Å². The summed E-state index contributed by atoms with van der Waals surface area (Å²) in [5.74, 6) is 3.55. The van der Waals surface area contributed by atoms with Crippen molar-refractivity contribution in [2.24, 2.45) is 0 Å². The maximum atomic E-state index is 12.3. The van der Waals surface area contributed by atoms with Gasteiger partial charge in [-0.05, 0) is 31.0 Å². The average molecular weight is 433 g/mol. The molecule has 10 heteroatoms. The van der Waals surface area contributed by atoms with Crippen LogP contribution in [0.1, 0.15) is 36.8 Å². The van der Waals surface area contributed by atoms with Gasteiger partial charge in [-0.3, -0.25) is 4.79 Å². The van der Waals surface area contributed by atoms with Gasteiger partial charge in [0.25, 0.3) is 0 Å². The molecule has 2 aromatic heterocycles. The third kappa shape index (κ3) is 4.79. The summed E-state index contributed by atoms with van der Waals surface area (Å²) in [6, 6.07) is 5.42. The van der Waals surface area contributed by atoms with Crippen LogP contribution in [0.15, 0.2) is 22.7 Å². The molecule has 1 amide bonds. The summed E-state index contributed by atoms with van der Waals surface area (Å²) < 4.78 is 7.07. The van der Waals surface area contributed by atoms with Crippen LogP contribution >= 0.6 is 23.4 Å². The van der Waals surface area contributed by atoms with Gasteiger partial charge in [-0.25, -0.2) is 0 Å². The Morgan fingerprint density at radius 3 is 3.03 bits per heavy atom. The van der Waals surface area contributed by atoms with E-state index in [1.165, 1.54) is 18.2 Å². The molecule has 0 saturated heterocycles. The van der Waals surface area contributed by atoms with E-state index in [2.05, 4.69) is 30.2 Å². The standard InChI is InChI=1S/C19H21ClN6O2S/c1-12-21-16(25-28-12)10-29-11-18(27)22-13-6-7-15(20)14(9-13)19-24-23-17-5-3-2-4-8-26(17)19/h6-7,9H,2-5,8,10-11H2,1H3,(H,22,27). The van der Waals surface area contributed by atoms with Crippen molar-refractivity contribution >= 4 is 35.0 Å². The third-order valence-corrected chi connectivity index (χ3v) is 5.89. The van der Waals surface area contributed by atoms with Crippen LogP contribution < -0.4 is 5.32 Å². The van der Waals surface area contributed by atoms with Gasteiger partial charge in [0.1, 0.15) is 5.82 Å². The number of halogens is 1. The Labute approximate surface area is 177 Å². The van der Waals surface area contributed by atoms with Crippen LogP contribution in [-0.2, 0) is 23.5 Å². The van der Waals surface area contributed by atoms with Gasteiger partial charge >= 0.3 is 0 Å². The summed E-state index contributed by atoms with van der Waals surface area (Å²) in [5, 5.41) is 16.0. The first kappa shape index (κ1) is 19.9. The van der Waals surface area contributed by atoms with Crippen molar-refractivity contribution in [1.29, 1.82) is 0 Å². The molecular formula is C19H21ClN6O2S. The third-order valence-electron chi connectivity index (χ3n) is 4.63. The van der Waals surface area contributed by atoms with Crippen LogP contribution in [0.4, 0.5) is 5.69 Å². The molecule has 0 atom stereocenters. The summed E-state index contributed by atoms with van der Waals surface area (Å²) >= 11 is 7.86. The van der Waals surface area contributed by atoms with Crippen molar-refractivity contribution in [3.8, 4) is 11.4 Å². The lowest BCUT2D eigenvalue weighted by atomic mass is 10.1. The van der Waals surface area contributed by atoms with Crippen molar-refractivity contribution in [3.05, 3.63) is 40.8 Å². The van der Waals surface area contributed by atoms with E-state index in [9.17, 15) is 4.79 Å². The number of aryl methyl sites for hydroxylation is 2. The molecule has 0 aliphatic carbocycles. The minimum absolute atomic E-state index is 0.108. The van der Waals surface area contributed by atoms with Gasteiger partial charge in [0, 0.05) is 31.1 Å². The summed E-state index contributed by atoms with van der Waals surface area (Å²) in [7, 11) is 0. The Balaban J connectivity index is 1.43. The topological polar surface area (TPSA) is 98.7 Å². The lowest BCUT2D eigenvalue weighted by molar-refractivity contribution is -0.113. The number of hydrogen-bond acceptors (Lipinski definition) is 7. The highest BCUT2D eigenvalue weighted by molar-refractivity contribution is 7.99. The molecule has 1 aromatic carbocycles. The molecular weight excluding hydrogens is 412 g/mol. The molecule has 152 valence electrons. The highest BCUT2D eigenvalue weighted by Gasteiger charge is 2.18. The predicted octanol–water partition coefficient (Wildman–Crippen LogP) is 3.89. The van der Waals surface area contributed by atoms with Crippen LogP contribution in [0.25, 0.3) is 11.4 Å². The molecule has 8 nitrogen and oxygen atoms in total. The minimum Gasteiger partial charge on any atom is -0.340 e. The zero-order valence-corrected chi connectivity index (χ0v) is 17.6. The van der Waals surface area contributed by atoms with Crippen molar-refractivity contribution in [3.63, 3.8) is 0 Å². The van der Waals surface area contributed by atoms with E-state index in [-0.39, 0.29) is 11.7 Å². The molecule has 3 aromatic rings. The normalized spacial score (nSPS) is 13.7. The first-order chi connectivity index (χ1) is 14.1. The largest absolute Gasteiger partial charge is 0.340 e. The number of nitrogens with zero attached hydrogens (tertiary/aromatic N) is 5. The maximum Gasteiger partial charge on any atom is 0.234 e. The molecule has 0 saturated carbocycles. The Morgan fingerprint density at radius 2 is 2.21 bits per heavy atom. The van der Waals surface area contributed by atoms with Gasteiger partial charge < -0.3 is 14.4 Å². The number of hydrogen-bond donors (Lipinski definition) is 1. The summed E-state index contributed by atoms with van der Waals surface area (Å²) in [6.07, 6.45) is 4.35. The molecule has 0 unspecified atom stereocenters. The van der Waals surface area contributed by atoms with Gasteiger partial charge in [-0.1, -0.05) is 23.2 Å². The van der Waals surface area contributed by atoms with E-state index in [0.29, 0.717) is 28.2 Å². The molecule has 1 aliphatic rings. The van der Waals surface area contributed by atoms with E-state index in [4.69, 9.17) is 16.1 Å². The number of nitrogens with one attached hydrogen (secondary N) is 1. The summed E-state index contributed by atoms with van der Waals surface area (Å²) in [4.78, 5) is 16.4. The van der Waals surface area contributed by atoms with Crippen molar-refractivity contribution in [2.45, 2.75) is 44.9 Å². The smallest absolute Gasteiger partial charge is 0.234 e. The molecule has 4 rings (SSSR count). The Kier molecular flexibility index (Phi) is 6.15. The molecule has 3 heterocycles. The molecule has 1 N–H and O–H groups in total. The fraction of sp³-hybridized carbons (Fsp3) is 0.421. The van der Waals surface area contributed by atoms with E-state index in [0.717, 1.165) is 43.0 Å². The number of carbonyl (C=O) groups is 1. The van der Waals surface area contributed by atoms with E-state index < -0.39 is 0 Å². The van der Waals surface area contributed by atoms with Crippen LogP contribution in [0.3, 0.4) is 0 Å². The number of benzene rings is 1. The molecule has 1 aliphatic heterocycles. The van der Waals surface area contributed by atoms with Crippen LogP contribution in [0.5, 0.6) is 0 Å². The highest BCUT2D eigenvalue weighted by atomic mass is 35.5. The zero-order chi connectivity index (χ0) is 20.2. The summed E-state index contributed by atoms with van der Waals surface area (Å²) in [5.41, 5.74) is 1.46.